The lowest BCUT2D eigenvalue weighted by Gasteiger charge is -2.30. The smallest absolute Gasteiger partial charge is 0.138 e. The van der Waals surface area contributed by atoms with Gasteiger partial charge in [0, 0.05) is 33.5 Å². The van der Waals surface area contributed by atoms with E-state index >= 15 is 0 Å². The molecule has 11 rings (SSSR count). The number of para-hydroxylation sites is 2. The number of ether oxygens (including phenoxy) is 1. The summed E-state index contributed by atoms with van der Waals surface area (Å²) in [5, 5.41) is 4.36. The van der Waals surface area contributed by atoms with E-state index in [1.165, 1.54) is 0 Å². The number of benzene rings is 9. The third-order valence-electron chi connectivity index (χ3n) is 10.9. The first kappa shape index (κ1) is 31.2. The molecular weight excluding hydrogens is 671 g/mol. The molecule has 55 heavy (non-hydrogen) atoms. The maximum atomic E-state index is 7.23. The monoisotopic (exact) mass is 703 g/mol. The predicted molar refractivity (Wildman–Crippen MR) is 228 cm³/mol. The summed E-state index contributed by atoms with van der Waals surface area (Å²) in [6, 6.07) is 70.7. The minimum atomic E-state index is 0.802. The van der Waals surface area contributed by atoms with Crippen LogP contribution in [0.5, 0.6) is 11.5 Å². The lowest BCUT2D eigenvalue weighted by molar-refractivity contribution is 0.488. The van der Waals surface area contributed by atoms with Gasteiger partial charge in [0.2, 0.25) is 0 Å². The van der Waals surface area contributed by atoms with Crippen LogP contribution in [0.4, 0.5) is 17.1 Å². The molecule has 9 aromatic carbocycles. The first-order valence-electron chi connectivity index (χ1n) is 18.7. The van der Waals surface area contributed by atoms with E-state index in [1.807, 2.05) is 12.1 Å². The number of furan rings is 1. The van der Waals surface area contributed by atoms with Crippen LogP contribution in [0.3, 0.4) is 0 Å². The minimum absolute atomic E-state index is 0.802. The molecule has 1 aliphatic heterocycles. The molecule has 2 heterocycles. The van der Waals surface area contributed by atoms with Gasteiger partial charge in [-0.3, -0.25) is 0 Å². The highest BCUT2D eigenvalue weighted by molar-refractivity contribution is 6.17. The quantitative estimate of drug-likeness (QED) is 0.178. The van der Waals surface area contributed by atoms with E-state index in [2.05, 4.69) is 193 Å². The van der Waals surface area contributed by atoms with Crippen LogP contribution in [0.2, 0.25) is 0 Å². The van der Waals surface area contributed by atoms with Gasteiger partial charge in [0.05, 0.1) is 22.4 Å². The number of hydrogen-bond acceptors (Lipinski definition) is 3. The molecule has 0 amide bonds. The zero-order chi connectivity index (χ0) is 36.3. The second-order valence-corrected chi connectivity index (χ2v) is 14.0. The summed E-state index contributed by atoms with van der Waals surface area (Å²) in [6.45, 7) is 0. The van der Waals surface area contributed by atoms with Gasteiger partial charge in [-0.25, -0.2) is 0 Å². The van der Waals surface area contributed by atoms with E-state index in [4.69, 9.17) is 9.15 Å². The van der Waals surface area contributed by atoms with Crippen molar-refractivity contribution < 1.29 is 9.15 Å². The fourth-order valence-electron chi connectivity index (χ4n) is 8.53. The maximum absolute atomic E-state index is 7.23. The normalized spacial score (nSPS) is 11.8. The molecule has 1 aliphatic rings. The highest BCUT2D eigenvalue weighted by atomic mass is 16.5. The average molecular weight is 704 g/mol. The van der Waals surface area contributed by atoms with Gasteiger partial charge in [0.1, 0.15) is 22.7 Å². The van der Waals surface area contributed by atoms with Crippen molar-refractivity contribution in [1.29, 1.82) is 0 Å². The molecule has 0 atom stereocenters. The average Bonchev–Trinajstić information content (AvgIpc) is 3.57. The number of nitrogens with zero attached hydrogens (tertiary/aromatic N) is 1. The zero-order valence-corrected chi connectivity index (χ0v) is 29.8. The molecule has 0 N–H and O–H groups in total. The molecule has 258 valence electrons. The second-order valence-electron chi connectivity index (χ2n) is 14.0. The minimum Gasteiger partial charge on any atom is -0.456 e. The summed E-state index contributed by atoms with van der Waals surface area (Å²) in [4.78, 5) is 2.41. The van der Waals surface area contributed by atoms with Crippen molar-refractivity contribution >= 4 is 49.8 Å². The summed E-state index contributed by atoms with van der Waals surface area (Å²) in [6.07, 6.45) is 0. The van der Waals surface area contributed by atoms with Gasteiger partial charge in [-0.1, -0.05) is 164 Å². The van der Waals surface area contributed by atoms with Gasteiger partial charge in [0.25, 0.3) is 0 Å². The van der Waals surface area contributed by atoms with Gasteiger partial charge in [-0.2, -0.15) is 0 Å². The van der Waals surface area contributed by atoms with E-state index in [-0.39, 0.29) is 0 Å². The summed E-state index contributed by atoms with van der Waals surface area (Å²) < 4.78 is 13.7. The maximum Gasteiger partial charge on any atom is 0.138 e. The summed E-state index contributed by atoms with van der Waals surface area (Å²) in [7, 11) is 0. The van der Waals surface area contributed by atoms with Crippen molar-refractivity contribution in [2.75, 3.05) is 4.90 Å². The standard InChI is InChI=1S/C52H33NO2/c1-3-17-34(18-4-1)36-21-11-13-28-43(36)53(44-29-16-32-48-52(44)42-26-12-14-30-46(42)54-48)45-33-49-51(39-23-8-7-22-38(39)45)41-25-10-9-24-40(41)50-37(27-15-31-47(50)55-49)35-19-5-2-6-20-35/h1-33H. The summed E-state index contributed by atoms with van der Waals surface area (Å²) in [5.41, 5.74) is 13.8. The van der Waals surface area contributed by atoms with Crippen LogP contribution in [0.25, 0.3) is 77.2 Å². The van der Waals surface area contributed by atoms with Crippen LogP contribution in [-0.4, -0.2) is 0 Å². The summed E-state index contributed by atoms with van der Waals surface area (Å²) in [5.74, 6) is 1.63. The summed E-state index contributed by atoms with van der Waals surface area (Å²) >= 11 is 0. The molecule has 0 spiro atoms. The number of rotatable bonds is 5. The molecule has 0 radical (unpaired) electrons. The van der Waals surface area contributed by atoms with Crippen molar-refractivity contribution in [1.82, 2.24) is 0 Å². The van der Waals surface area contributed by atoms with Crippen molar-refractivity contribution in [2.24, 2.45) is 0 Å². The Bertz CT molecular complexity index is 3070. The van der Waals surface area contributed by atoms with Crippen molar-refractivity contribution in [2.45, 2.75) is 0 Å². The predicted octanol–water partition coefficient (Wildman–Crippen LogP) is 15.0. The largest absolute Gasteiger partial charge is 0.456 e. The Kier molecular flexibility index (Phi) is 7.17. The van der Waals surface area contributed by atoms with Gasteiger partial charge in [-0.15, -0.1) is 0 Å². The molecule has 0 saturated heterocycles. The molecule has 0 fully saturated rings. The molecule has 1 aromatic heterocycles. The Morgan fingerprint density at radius 1 is 0.327 bits per heavy atom. The first-order chi connectivity index (χ1) is 27.3. The molecular formula is C52H33NO2. The fourth-order valence-corrected chi connectivity index (χ4v) is 8.53. The van der Waals surface area contributed by atoms with Crippen LogP contribution in [0, 0.1) is 0 Å². The Morgan fingerprint density at radius 2 is 0.873 bits per heavy atom. The molecule has 0 bridgehead atoms. The highest BCUT2D eigenvalue weighted by Gasteiger charge is 2.29. The van der Waals surface area contributed by atoms with E-state index in [0.717, 1.165) is 106 Å². The lowest BCUT2D eigenvalue weighted by atomic mass is 9.87. The van der Waals surface area contributed by atoms with Crippen molar-refractivity contribution in [3.8, 4) is 56.0 Å². The van der Waals surface area contributed by atoms with E-state index < -0.39 is 0 Å². The van der Waals surface area contributed by atoms with Crippen molar-refractivity contribution in [3.05, 3.63) is 200 Å². The number of fused-ring (bicyclic) bond motifs is 10. The van der Waals surface area contributed by atoms with Crippen molar-refractivity contribution in [3.63, 3.8) is 0 Å². The molecule has 3 heteroatoms. The number of hydrogen-bond donors (Lipinski definition) is 0. The highest BCUT2D eigenvalue weighted by Crippen LogP contribution is 2.56. The zero-order valence-electron chi connectivity index (χ0n) is 29.8. The van der Waals surface area contributed by atoms with Crippen LogP contribution >= 0.6 is 0 Å². The van der Waals surface area contributed by atoms with E-state index in [9.17, 15) is 0 Å². The van der Waals surface area contributed by atoms with Crippen LogP contribution in [0.1, 0.15) is 0 Å². The van der Waals surface area contributed by atoms with Crippen LogP contribution in [0.15, 0.2) is 205 Å². The molecule has 3 nitrogen and oxygen atoms in total. The third-order valence-corrected chi connectivity index (χ3v) is 10.9. The lowest BCUT2D eigenvalue weighted by Crippen LogP contribution is -2.12. The fraction of sp³-hybridized carbons (Fsp3) is 0. The third kappa shape index (κ3) is 4.98. The van der Waals surface area contributed by atoms with E-state index in [0.29, 0.717) is 0 Å². The molecule has 0 unspecified atom stereocenters. The second kappa shape index (κ2) is 12.6. The Morgan fingerprint density at radius 3 is 1.65 bits per heavy atom. The van der Waals surface area contributed by atoms with Gasteiger partial charge >= 0.3 is 0 Å². The first-order valence-corrected chi connectivity index (χ1v) is 18.7. The van der Waals surface area contributed by atoms with Gasteiger partial charge in [0.15, 0.2) is 0 Å². The Hall–Kier alpha value is -7.36. The molecule has 0 saturated carbocycles. The Labute approximate surface area is 318 Å². The molecule has 0 aliphatic carbocycles. The van der Waals surface area contributed by atoms with E-state index in [1.54, 1.807) is 0 Å². The molecule has 10 aromatic rings. The Balaban J connectivity index is 1.25. The SMILES string of the molecule is c1ccc(-c2ccccc2N(c2cc3c(c4ccccc24)-c2ccccc2-c2c(cccc2-c2ccccc2)O3)c2cccc3oc4ccccc4c23)cc1. The topological polar surface area (TPSA) is 25.6 Å². The van der Waals surface area contributed by atoms with Crippen LogP contribution in [-0.2, 0) is 0 Å². The van der Waals surface area contributed by atoms with Crippen LogP contribution < -0.4 is 9.64 Å². The van der Waals surface area contributed by atoms with Gasteiger partial charge in [-0.05, 0) is 63.5 Å². The van der Waals surface area contributed by atoms with Gasteiger partial charge < -0.3 is 14.1 Å². The number of anilines is 3.